The molecule has 0 atom stereocenters. The molecule has 98 valence electrons. The summed E-state index contributed by atoms with van der Waals surface area (Å²) < 4.78 is 2.18. The number of aromatic nitrogens is 3. The van der Waals surface area contributed by atoms with Crippen molar-refractivity contribution in [3.8, 4) is 0 Å². The van der Waals surface area contributed by atoms with E-state index in [0.29, 0.717) is 0 Å². The van der Waals surface area contributed by atoms with Crippen molar-refractivity contribution in [2.45, 2.75) is 0 Å². The largest absolute Gasteiger partial charge is 0.299 e. The minimum atomic E-state index is 0.988. The number of fused-ring (bicyclic) bond motifs is 8. The summed E-state index contributed by atoms with van der Waals surface area (Å²) in [7, 11) is 0. The van der Waals surface area contributed by atoms with E-state index in [-0.39, 0.29) is 0 Å². The third kappa shape index (κ3) is 1.32. The second kappa shape index (κ2) is 3.79. The molecule has 3 heteroatoms. The molecule has 21 heavy (non-hydrogen) atoms. The second-order valence-corrected chi connectivity index (χ2v) is 5.23. The van der Waals surface area contributed by atoms with E-state index >= 15 is 0 Å². The van der Waals surface area contributed by atoms with E-state index in [4.69, 9.17) is 0 Å². The lowest BCUT2D eigenvalue weighted by molar-refractivity contribution is 1.21. The lowest BCUT2D eigenvalue weighted by Gasteiger charge is -2.07. The molecule has 1 aromatic carbocycles. The van der Waals surface area contributed by atoms with Crippen LogP contribution in [0.4, 0.5) is 0 Å². The van der Waals surface area contributed by atoms with Gasteiger partial charge in [-0.1, -0.05) is 24.3 Å². The highest BCUT2D eigenvalue weighted by Gasteiger charge is 2.12. The summed E-state index contributed by atoms with van der Waals surface area (Å²) in [5.41, 5.74) is 2.17. The third-order valence-corrected chi connectivity index (χ3v) is 4.11. The molecule has 5 aromatic rings. The van der Waals surface area contributed by atoms with Crippen molar-refractivity contribution >= 4 is 38.1 Å². The highest BCUT2D eigenvalue weighted by molar-refractivity contribution is 6.18. The smallest absolute Gasteiger partial charge is 0.145 e. The van der Waals surface area contributed by atoms with Crippen molar-refractivity contribution in [2.75, 3.05) is 0 Å². The molecular formula is C18H11N3. The van der Waals surface area contributed by atoms with E-state index in [1.54, 1.807) is 0 Å². The summed E-state index contributed by atoms with van der Waals surface area (Å²) in [6.07, 6.45) is 7.80. The Labute approximate surface area is 120 Å². The monoisotopic (exact) mass is 269 g/mol. The molecule has 0 N–H and O–H groups in total. The van der Waals surface area contributed by atoms with Crippen LogP contribution in [0.3, 0.4) is 0 Å². The fourth-order valence-corrected chi connectivity index (χ4v) is 3.22. The van der Waals surface area contributed by atoms with Gasteiger partial charge in [0.2, 0.25) is 0 Å². The molecule has 0 amide bonds. The van der Waals surface area contributed by atoms with Crippen LogP contribution in [-0.2, 0) is 0 Å². The Kier molecular flexibility index (Phi) is 1.95. The Balaban J connectivity index is 2.25. The Bertz CT molecular complexity index is 1140. The van der Waals surface area contributed by atoms with E-state index < -0.39 is 0 Å². The first kappa shape index (κ1) is 10.8. The molecule has 0 saturated heterocycles. The van der Waals surface area contributed by atoms with Crippen molar-refractivity contribution in [1.82, 2.24) is 14.4 Å². The fourth-order valence-electron chi connectivity index (χ4n) is 3.22. The quantitative estimate of drug-likeness (QED) is 0.395. The van der Waals surface area contributed by atoms with E-state index in [0.717, 1.165) is 11.0 Å². The molecule has 0 radical (unpaired) electrons. The van der Waals surface area contributed by atoms with Crippen LogP contribution in [0.25, 0.3) is 38.1 Å². The molecule has 0 bridgehead atoms. The molecule has 0 aliphatic carbocycles. The van der Waals surface area contributed by atoms with Crippen LogP contribution in [0, 0.1) is 0 Å². The number of hydrogen-bond donors (Lipinski definition) is 0. The summed E-state index contributed by atoms with van der Waals surface area (Å²) in [5.74, 6) is 0. The zero-order chi connectivity index (χ0) is 13.8. The highest BCUT2D eigenvalue weighted by atomic mass is 15.0. The standard InChI is InChI=1S/C18H11N3/c1-2-5-13-12(4-1)11-21-17(13)16-10-19-9-7-14(16)15-6-3-8-20-18(15)21/h1-11H. The van der Waals surface area contributed by atoms with Gasteiger partial charge in [-0.25, -0.2) is 4.98 Å². The Morgan fingerprint density at radius 2 is 1.67 bits per heavy atom. The maximum Gasteiger partial charge on any atom is 0.145 e. The number of rotatable bonds is 0. The van der Waals surface area contributed by atoms with Gasteiger partial charge in [-0.15, -0.1) is 0 Å². The predicted molar refractivity (Wildman–Crippen MR) is 85.5 cm³/mol. The van der Waals surface area contributed by atoms with Gasteiger partial charge in [-0.2, -0.15) is 0 Å². The minimum Gasteiger partial charge on any atom is -0.299 e. The molecule has 4 heterocycles. The van der Waals surface area contributed by atoms with Gasteiger partial charge >= 0.3 is 0 Å². The molecule has 0 aliphatic heterocycles. The predicted octanol–water partition coefficient (Wildman–Crippen LogP) is 4.19. The molecule has 0 saturated carbocycles. The summed E-state index contributed by atoms with van der Waals surface area (Å²) in [4.78, 5) is 8.92. The number of nitrogens with zero attached hydrogens (tertiary/aromatic N) is 3. The van der Waals surface area contributed by atoms with Crippen LogP contribution in [0.1, 0.15) is 0 Å². The fraction of sp³-hybridized carbons (Fsp3) is 0. The van der Waals surface area contributed by atoms with E-state index in [9.17, 15) is 0 Å². The third-order valence-electron chi connectivity index (χ3n) is 4.11. The van der Waals surface area contributed by atoms with Crippen molar-refractivity contribution in [3.63, 3.8) is 0 Å². The molecular weight excluding hydrogens is 258 g/mol. The van der Waals surface area contributed by atoms with Gasteiger partial charge in [-0.3, -0.25) is 9.38 Å². The van der Waals surface area contributed by atoms with Crippen molar-refractivity contribution < 1.29 is 0 Å². The molecule has 0 spiro atoms. The van der Waals surface area contributed by atoms with Crippen LogP contribution in [0.2, 0.25) is 0 Å². The second-order valence-electron chi connectivity index (χ2n) is 5.23. The van der Waals surface area contributed by atoms with Gasteiger partial charge in [0.15, 0.2) is 0 Å². The first-order valence-corrected chi connectivity index (χ1v) is 6.94. The van der Waals surface area contributed by atoms with Gasteiger partial charge in [0, 0.05) is 46.3 Å². The number of pyridine rings is 3. The summed E-state index contributed by atoms with van der Waals surface area (Å²) in [6.45, 7) is 0. The zero-order valence-corrected chi connectivity index (χ0v) is 11.2. The van der Waals surface area contributed by atoms with E-state index in [1.807, 2.05) is 24.7 Å². The van der Waals surface area contributed by atoms with Crippen molar-refractivity contribution in [3.05, 3.63) is 67.3 Å². The zero-order valence-electron chi connectivity index (χ0n) is 11.2. The molecule has 0 fully saturated rings. The minimum absolute atomic E-state index is 0.988. The average Bonchev–Trinajstić information content (AvgIpc) is 2.95. The highest BCUT2D eigenvalue weighted by Crippen LogP contribution is 2.33. The van der Waals surface area contributed by atoms with Crippen molar-refractivity contribution in [2.24, 2.45) is 0 Å². The van der Waals surface area contributed by atoms with E-state index in [2.05, 4.69) is 57.0 Å². The number of benzene rings is 1. The summed E-state index contributed by atoms with van der Waals surface area (Å²) in [6, 6.07) is 14.6. The first-order chi connectivity index (χ1) is 10.4. The van der Waals surface area contributed by atoms with Gasteiger partial charge in [-0.05, 0) is 23.6 Å². The van der Waals surface area contributed by atoms with Gasteiger partial charge in [0.05, 0.1) is 5.52 Å². The molecule has 4 aromatic heterocycles. The topological polar surface area (TPSA) is 30.2 Å². The molecule has 0 unspecified atom stereocenters. The van der Waals surface area contributed by atoms with Gasteiger partial charge in [0.25, 0.3) is 0 Å². The Morgan fingerprint density at radius 1 is 0.762 bits per heavy atom. The molecule has 3 nitrogen and oxygen atoms in total. The van der Waals surface area contributed by atoms with Crippen LogP contribution in [-0.4, -0.2) is 14.4 Å². The maximum absolute atomic E-state index is 4.60. The maximum atomic E-state index is 4.60. The Hall–Kier alpha value is -2.94. The van der Waals surface area contributed by atoms with Crippen LogP contribution < -0.4 is 0 Å². The van der Waals surface area contributed by atoms with Gasteiger partial charge in [0.1, 0.15) is 5.65 Å². The first-order valence-electron chi connectivity index (χ1n) is 6.94. The lowest BCUT2D eigenvalue weighted by Crippen LogP contribution is -1.92. The summed E-state index contributed by atoms with van der Waals surface area (Å²) >= 11 is 0. The summed E-state index contributed by atoms with van der Waals surface area (Å²) in [5, 5.41) is 5.98. The molecule has 0 aliphatic rings. The van der Waals surface area contributed by atoms with Crippen LogP contribution in [0.5, 0.6) is 0 Å². The normalized spacial score (nSPS) is 11.8. The Morgan fingerprint density at radius 3 is 2.67 bits per heavy atom. The SMILES string of the molecule is c1ccc2c(c1)cn1c3ncccc3c3ccncc3c21. The van der Waals surface area contributed by atoms with E-state index in [1.165, 1.54) is 27.1 Å². The van der Waals surface area contributed by atoms with Crippen molar-refractivity contribution in [1.29, 1.82) is 0 Å². The average molecular weight is 269 g/mol. The van der Waals surface area contributed by atoms with Crippen LogP contribution in [0.15, 0.2) is 67.3 Å². The van der Waals surface area contributed by atoms with Crippen LogP contribution >= 0.6 is 0 Å². The lowest BCUT2D eigenvalue weighted by atomic mass is 10.1. The number of hydrogen-bond acceptors (Lipinski definition) is 2. The molecule has 5 rings (SSSR count). The van der Waals surface area contributed by atoms with Gasteiger partial charge < -0.3 is 0 Å².